The van der Waals surface area contributed by atoms with Crippen LogP contribution in [0.25, 0.3) is 0 Å². The van der Waals surface area contributed by atoms with Gasteiger partial charge in [-0.25, -0.2) is 0 Å². The van der Waals surface area contributed by atoms with Crippen LogP contribution in [0, 0.1) is 10.8 Å². The average molecular weight is 385 g/mol. The zero-order valence-corrected chi connectivity index (χ0v) is 15.8. The summed E-state index contributed by atoms with van der Waals surface area (Å²) < 4.78 is 24.5. The smallest absolute Gasteiger partial charge is 0.183 e. The summed E-state index contributed by atoms with van der Waals surface area (Å²) in [6, 6.07) is 6.11. The van der Waals surface area contributed by atoms with Gasteiger partial charge in [0.2, 0.25) is 0 Å². The molecule has 0 atom stereocenters. The maximum atomic E-state index is 5.88. The highest BCUT2D eigenvalue weighted by Gasteiger charge is 2.32. The predicted octanol–water partition coefficient (Wildman–Crippen LogP) is 4.59. The van der Waals surface area contributed by atoms with E-state index in [-0.39, 0.29) is 23.4 Å². The number of ether oxygens (including phenoxy) is 4. The minimum absolute atomic E-state index is 0.0620. The fourth-order valence-electron chi connectivity index (χ4n) is 2.68. The van der Waals surface area contributed by atoms with Gasteiger partial charge in [-0.1, -0.05) is 43.6 Å². The van der Waals surface area contributed by atoms with Crippen molar-refractivity contribution in [2.24, 2.45) is 10.8 Å². The van der Waals surface area contributed by atoms with Crippen molar-refractivity contribution in [1.29, 1.82) is 0 Å². The van der Waals surface area contributed by atoms with E-state index in [1.807, 2.05) is 12.1 Å². The number of halogens is 1. The molecule has 2 heterocycles. The van der Waals surface area contributed by atoms with E-state index in [2.05, 4.69) is 49.7 Å². The maximum Gasteiger partial charge on any atom is 0.183 e. The Morgan fingerprint density at radius 2 is 1.09 bits per heavy atom. The third-order valence-corrected chi connectivity index (χ3v) is 4.45. The molecule has 23 heavy (non-hydrogen) atoms. The van der Waals surface area contributed by atoms with Crippen molar-refractivity contribution >= 4 is 15.9 Å². The van der Waals surface area contributed by atoms with Crippen molar-refractivity contribution in [1.82, 2.24) is 0 Å². The SMILES string of the molecule is CC1(C)COC(c2cc(Br)cc(C3OCC(C)(C)CO3)c2)OC1. The molecular formula is C18H25BrO4. The quantitative estimate of drug-likeness (QED) is 0.746. The minimum Gasteiger partial charge on any atom is -0.348 e. The summed E-state index contributed by atoms with van der Waals surface area (Å²) in [5.41, 5.74) is 2.10. The lowest BCUT2D eigenvalue weighted by atomic mass is 9.95. The normalized spacial score (nSPS) is 25.4. The van der Waals surface area contributed by atoms with Crippen molar-refractivity contribution in [3.8, 4) is 0 Å². The minimum atomic E-state index is -0.334. The largest absolute Gasteiger partial charge is 0.348 e. The molecule has 3 rings (SSSR count). The van der Waals surface area contributed by atoms with Crippen LogP contribution >= 0.6 is 15.9 Å². The Labute approximate surface area is 146 Å². The Hall–Kier alpha value is -0.460. The summed E-state index contributed by atoms with van der Waals surface area (Å²) in [5, 5.41) is 0. The first kappa shape index (κ1) is 17.4. The lowest BCUT2D eigenvalue weighted by molar-refractivity contribution is -0.229. The third-order valence-electron chi connectivity index (χ3n) is 3.99. The molecule has 1 aromatic rings. The summed E-state index contributed by atoms with van der Waals surface area (Å²) >= 11 is 3.57. The second-order valence-electron chi connectivity index (χ2n) is 8.05. The van der Waals surface area contributed by atoms with Gasteiger partial charge >= 0.3 is 0 Å². The molecule has 0 N–H and O–H groups in total. The Kier molecular flexibility index (Phi) is 4.87. The topological polar surface area (TPSA) is 36.9 Å². The summed E-state index contributed by atoms with van der Waals surface area (Å²) in [4.78, 5) is 0. The maximum absolute atomic E-state index is 5.88. The highest BCUT2D eigenvalue weighted by atomic mass is 79.9. The number of hydrogen-bond acceptors (Lipinski definition) is 4. The van der Waals surface area contributed by atoms with Crippen molar-refractivity contribution in [3.05, 3.63) is 33.8 Å². The van der Waals surface area contributed by atoms with Gasteiger partial charge < -0.3 is 18.9 Å². The van der Waals surface area contributed by atoms with Crippen LogP contribution in [0.4, 0.5) is 0 Å². The average Bonchev–Trinajstić information content (AvgIpc) is 2.46. The van der Waals surface area contributed by atoms with Crippen LogP contribution in [0.2, 0.25) is 0 Å². The van der Waals surface area contributed by atoms with E-state index in [1.165, 1.54) is 0 Å². The van der Waals surface area contributed by atoms with Crippen molar-refractivity contribution in [2.45, 2.75) is 40.3 Å². The number of rotatable bonds is 2. The van der Waals surface area contributed by atoms with Crippen LogP contribution in [-0.2, 0) is 18.9 Å². The molecule has 0 aromatic heterocycles. The second kappa shape index (κ2) is 6.45. The van der Waals surface area contributed by atoms with Crippen LogP contribution in [0.1, 0.15) is 51.4 Å². The van der Waals surface area contributed by atoms with Gasteiger partial charge in [-0.05, 0) is 18.2 Å². The lowest BCUT2D eigenvalue weighted by Gasteiger charge is -2.36. The fraction of sp³-hybridized carbons (Fsp3) is 0.667. The van der Waals surface area contributed by atoms with Gasteiger partial charge in [-0.3, -0.25) is 0 Å². The van der Waals surface area contributed by atoms with Gasteiger partial charge in [0.05, 0.1) is 26.4 Å². The first-order valence-electron chi connectivity index (χ1n) is 8.01. The van der Waals surface area contributed by atoms with E-state index < -0.39 is 0 Å². The molecule has 0 radical (unpaired) electrons. The van der Waals surface area contributed by atoms with E-state index in [4.69, 9.17) is 18.9 Å². The number of hydrogen-bond donors (Lipinski definition) is 0. The number of benzene rings is 1. The highest BCUT2D eigenvalue weighted by molar-refractivity contribution is 9.10. The molecule has 0 unspecified atom stereocenters. The molecule has 0 spiro atoms. The van der Waals surface area contributed by atoms with Gasteiger partial charge in [-0.2, -0.15) is 0 Å². The van der Waals surface area contributed by atoms with Gasteiger partial charge in [0.1, 0.15) is 0 Å². The molecule has 1 aromatic carbocycles. The molecule has 0 amide bonds. The molecule has 2 aliphatic rings. The van der Waals surface area contributed by atoms with Crippen LogP contribution in [0.15, 0.2) is 22.7 Å². The van der Waals surface area contributed by atoms with Crippen molar-refractivity contribution in [3.63, 3.8) is 0 Å². The molecule has 2 saturated heterocycles. The third kappa shape index (κ3) is 4.34. The van der Waals surface area contributed by atoms with Gasteiger partial charge in [0.15, 0.2) is 12.6 Å². The van der Waals surface area contributed by atoms with E-state index >= 15 is 0 Å². The molecule has 0 bridgehead atoms. The Bertz CT molecular complexity index is 504. The Morgan fingerprint density at radius 1 is 0.739 bits per heavy atom. The first-order valence-corrected chi connectivity index (χ1v) is 8.80. The Balaban J connectivity index is 1.75. The molecule has 0 aliphatic carbocycles. The van der Waals surface area contributed by atoms with Crippen molar-refractivity contribution < 1.29 is 18.9 Å². The van der Waals surface area contributed by atoms with Crippen LogP contribution in [-0.4, -0.2) is 26.4 Å². The monoisotopic (exact) mass is 384 g/mol. The second-order valence-corrected chi connectivity index (χ2v) is 8.97. The molecule has 0 saturated carbocycles. The predicted molar refractivity (Wildman–Crippen MR) is 91.0 cm³/mol. The van der Waals surface area contributed by atoms with E-state index in [0.717, 1.165) is 15.6 Å². The summed E-state index contributed by atoms with van der Waals surface area (Å²) in [7, 11) is 0. The summed E-state index contributed by atoms with van der Waals surface area (Å²) in [6.07, 6.45) is -0.668. The molecule has 2 aliphatic heterocycles. The van der Waals surface area contributed by atoms with E-state index in [0.29, 0.717) is 26.4 Å². The van der Waals surface area contributed by atoms with Crippen LogP contribution < -0.4 is 0 Å². The zero-order valence-electron chi connectivity index (χ0n) is 14.2. The zero-order chi connectivity index (χ0) is 16.7. The van der Waals surface area contributed by atoms with Crippen molar-refractivity contribution in [2.75, 3.05) is 26.4 Å². The molecule has 2 fully saturated rings. The Morgan fingerprint density at radius 3 is 1.43 bits per heavy atom. The lowest BCUT2D eigenvalue weighted by Crippen LogP contribution is -2.34. The van der Waals surface area contributed by atoms with E-state index in [1.54, 1.807) is 0 Å². The molecular weight excluding hydrogens is 360 g/mol. The fourth-order valence-corrected chi connectivity index (χ4v) is 3.21. The molecule has 5 heteroatoms. The van der Waals surface area contributed by atoms with Crippen LogP contribution in [0.5, 0.6) is 0 Å². The van der Waals surface area contributed by atoms with Gasteiger partial charge in [0.25, 0.3) is 0 Å². The van der Waals surface area contributed by atoms with Crippen LogP contribution in [0.3, 0.4) is 0 Å². The first-order chi connectivity index (χ1) is 10.7. The van der Waals surface area contributed by atoms with E-state index in [9.17, 15) is 0 Å². The summed E-state index contributed by atoms with van der Waals surface area (Å²) in [5.74, 6) is 0. The summed E-state index contributed by atoms with van der Waals surface area (Å²) in [6.45, 7) is 11.3. The van der Waals surface area contributed by atoms with Gasteiger partial charge in [0, 0.05) is 26.4 Å². The van der Waals surface area contributed by atoms with Gasteiger partial charge in [-0.15, -0.1) is 0 Å². The standard InChI is InChI=1S/C18H25BrO4/c1-17(2)8-20-15(21-9-17)12-5-13(7-14(19)6-12)16-22-10-18(3,4)11-23-16/h5-7,15-16H,8-11H2,1-4H3. The highest BCUT2D eigenvalue weighted by Crippen LogP contribution is 2.36. The molecule has 128 valence electrons. The molecule has 4 nitrogen and oxygen atoms in total.